The number of nitrogens with zero attached hydrogens (tertiary/aromatic N) is 2. The molecule has 190 valence electrons. The van der Waals surface area contributed by atoms with E-state index in [1.807, 2.05) is 0 Å². The second kappa shape index (κ2) is 10.1. The minimum atomic E-state index is -1.21. The van der Waals surface area contributed by atoms with Crippen molar-refractivity contribution in [3.05, 3.63) is 93.6 Å². The van der Waals surface area contributed by atoms with Crippen LogP contribution in [0, 0.1) is 11.6 Å². The van der Waals surface area contributed by atoms with Crippen LogP contribution in [0.5, 0.6) is 5.75 Å². The van der Waals surface area contributed by atoms with Gasteiger partial charge in [-0.25, -0.2) is 18.4 Å². The van der Waals surface area contributed by atoms with Gasteiger partial charge in [-0.15, -0.1) is 0 Å². The van der Waals surface area contributed by atoms with Gasteiger partial charge in [-0.2, -0.15) is 0 Å². The summed E-state index contributed by atoms with van der Waals surface area (Å²) in [5.41, 5.74) is 1.65. The molecule has 3 aromatic carbocycles. The van der Waals surface area contributed by atoms with Gasteiger partial charge in [0.2, 0.25) is 0 Å². The van der Waals surface area contributed by atoms with Gasteiger partial charge in [-0.3, -0.25) is 4.90 Å². The number of aliphatic carboxylic acids is 1. The number of hydrogen-bond donors (Lipinski definition) is 1. The van der Waals surface area contributed by atoms with Crippen LogP contribution in [0.1, 0.15) is 28.4 Å². The van der Waals surface area contributed by atoms with E-state index in [0.29, 0.717) is 27.8 Å². The Hall–Kier alpha value is -4.18. The first-order valence-corrected chi connectivity index (χ1v) is 11.6. The number of ether oxygens (including phenoxy) is 2. The number of para-hydroxylation sites is 1. The third-order valence-electron chi connectivity index (χ3n) is 6.08. The van der Waals surface area contributed by atoms with Gasteiger partial charge in [-0.1, -0.05) is 35.0 Å². The molecule has 0 radical (unpaired) electrons. The fourth-order valence-electron chi connectivity index (χ4n) is 4.44. The average Bonchev–Trinajstić information content (AvgIpc) is 3.31. The summed E-state index contributed by atoms with van der Waals surface area (Å²) in [5.74, 6) is -3.12. The van der Waals surface area contributed by atoms with Crippen LogP contribution in [0.15, 0.2) is 59.1 Å². The van der Waals surface area contributed by atoms with Crippen molar-refractivity contribution in [2.45, 2.75) is 19.1 Å². The molecule has 1 N–H and O–H groups in total. The first-order chi connectivity index (χ1) is 17.8. The van der Waals surface area contributed by atoms with Crippen LogP contribution < -0.4 is 4.74 Å². The Morgan fingerprint density at radius 2 is 1.95 bits per heavy atom. The van der Waals surface area contributed by atoms with Crippen molar-refractivity contribution in [3.63, 3.8) is 0 Å². The minimum Gasteiger partial charge on any atom is -0.482 e. The number of amides is 1. The molecule has 11 heteroatoms. The van der Waals surface area contributed by atoms with Crippen molar-refractivity contribution in [1.29, 1.82) is 0 Å². The van der Waals surface area contributed by atoms with Crippen LogP contribution in [-0.2, 0) is 22.6 Å². The van der Waals surface area contributed by atoms with E-state index in [9.17, 15) is 18.4 Å². The lowest BCUT2D eigenvalue weighted by Crippen LogP contribution is -2.41. The lowest BCUT2D eigenvalue weighted by Gasteiger charge is -2.37. The molecule has 8 nitrogen and oxygen atoms in total. The number of carboxylic acids is 1. The Morgan fingerprint density at radius 3 is 2.76 bits per heavy atom. The van der Waals surface area contributed by atoms with Crippen molar-refractivity contribution < 1.29 is 37.5 Å². The highest BCUT2D eigenvalue weighted by atomic mass is 35.5. The van der Waals surface area contributed by atoms with Crippen LogP contribution in [-0.4, -0.2) is 40.4 Å². The topological polar surface area (TPSA) is 102 Å². The molecule has 1 atom stereocenters. The molecule has 1 aromatic heterocycles. The first-order valence-electron chi connectivity index (χ1n) is 11.2. The molecule has 1 aliphatic rings. The van der Waals surface area contributed by atoms with Crippen LogP contribution in [0.4, 0.5) is 13.6 Å². The fourth-order valence-corrected chi connectivity index (χ4v) is 4.62. The Morgan fingerprint density at radius 1 is 1.14 bits per heavy atom. The summed E-state index contributed by atoms with van der Waals surface area (Å²) in [5, 5.41) is 14.0. The first kappa shape index (κ1) is 24.5. The van der Waals surface area contributed by atoms with Gasteiger partial charge < -0.3 is 19.1 Å². The molecule has 4 aromatic rings. The number of carboxylic acid groups (broad SMARTS) is 1. The smallest absolute Gasteiger partial charge is 0.410 e. The molecule has 5 rings (SSSR count). The summed E-state index contributed by atoms with van der Waals surface area (Å²) >= 11 is 6.23. The average molecular weight is 529 g/mol. The predicted octanol–water partition coefficient (Wildman–Crippen LogP) is 5.51. The van der Waals surface area contributed by atoms with Crippen molar-refractivity contribution >= 4 is 34.6 Å². The third-order valence-corrected chi connectivity index (χ3v) is 6.31. The second-order valence-corrected chi connectivity index (χ2v) is 8.76. The lowest BCUT2D eigenvalue weighted by atomic mass is 9.87. The maximum atomic E-state index is 14.8. The zero-order valence-corrected chi connectivity index (χ0v) is 19.9. The Balaban J connectivity index is 1.52. The summed E-state index contributed by atoms with van der Waals surface area (Å²) in [7, 11) is 0. The molecule has 0 aliphatic carbocycles. The standard InChI is InChI=1S/C26H19ClF2N2O6/c27-14-5-8-21(35-13-23(32)33)18(11-14)25-16-6-7-19(28)24(29)15(16)9-10-31(25)26(34)36-12-20-17-3-1-2-4-22(17)37-30-20/h1-8,11,25H,9-10,12-13H2,(H,32,33)/t25-/m0/s1. The van der Waals surface area contributed by atoms with E-state index in [-0.39, 0.29) is 35.9 Å². The molecule has 0 saturated heterocycles. The molecule has 0 fully saturated rings. The number of rotatable bonds is 6. The van der Waals surface area contributed by atoms with E-state index in [2.05, 4.69) is 5.16 Å². The van der Waals surface area contributed by atoms with Gasteiger partial charge >= 0.3 is 12.1 Å². The van der Waals surface area contributed by atoms with Crippen LogP contribution in [0.3, 0.4) is 0 Å². The normalized spacial score (nSPS) is 14.9. The Labute approximate surface area is 213 Å². The third kappa shape index (κ3) is 4.79. The SMILES string of the molecule is O=C(O)COc1ccc(Cl)cc1[C@@H]1c2ccc(F)c(F)c2CCN1C(=O)OCc1noc2ccccc12. The molecule has 37 heavy (non-hydrogen) atoms. The zero-order valence-electron chi connectivity index (χ0n) is 19.1. The summed E-state index contributed by atoms with van der Waals surface area (Å²) < 4.78 is 45.0. The number of carbonyl (C=O) groups is 2. The number of carbonyl (C=O) groups excluding carboxylic acids is 1. The molecular formula is C26H19ClF2N2O6. The zero-order chi connectivity index (χ0) is 26.1. The van der Waals surface area contributed by atoms with Gasteiger partial charge in [0.1, 0.15) is 18.1 Å². The Bertz CT molecular complexity index is 1510. The van der Waals surface area contributed by atoms with Gasteiger partial charge in [0.25, 0.3) is 0 Å². The van der Waals surface area contributed by atoms with Crippen LogP contribution in [0.25, 0.3) is 11.0 Å². The van der Waals surface area contributed by atoms with Gasteiger partial charge in [0.15, 0.2) is 23.8 Å². The van der Waals surface area contributed by atoms with E-state index < -0.39 is 36.3 Å². The van der Waals surface area contributed by atoms with Gasteiger partial charge in [0.05, 0.1) is 6.04 Å². The maximum Gasteiger partial charge on any atom is 0.410 e. The van der Waals surface area contributed by atoms with E-state index >= 15 is 0 Å². The molecule has 1 aliphatic heterocycles. The van der Waals surface area contributed by atoms with E-state index in [4.69, 9.17) is 30.7 Å². The highest BCUT2D eigenvalue weighted by Gasteiger charge is 2.37. The number of fused-ring (bicyclic) bond motifs is 2. The lowest BCUT2D eigenvalue weighted by molar-refractivity contribution is -0.139. The molecule has 1 amide bonds. The summed E-state index contributed by atoms with van der Waals surface area (Å²) in [6.45, 7) is -0.862. The molecule has 0 bridgehead atoms. The number of halogens is 3. The van der Waals surface area contributed by atoms with Crippen molar-refractivity contribution in [2.24, 2.45) is 0 Å². The van der Waals surface area contributed by atoms with Crippen molar-refractivity contribution in [2.75, 3.05) is 13.2 Å². The largest absolute Gasteiger partial charge is 0.482 e. The van der Waals surface area contributed by atoms with E-state index in [1.54, 1.807) is 24.3 Å². The second-order valence-electron chi connectivity index (χ2n) is 8.32. The van der Waals surface area contributed by atoms with Gasteiger partial charge in [-0.05, 0) is 53.9 Å². The highest BCUT2D eigenvalue weighted by molar-refractivity contribution is 6.30. The fraction of sp³-hybridized carbons (Fsp3) is 0.192. The van der Waals surface area contributed by atoms with Crippen molar-refractivity contribution in [1.82, 2.24) is 10.1 Å². The van der Waals surface area contributed by atoms with E-state index in [1.165, 1.54) is 29.2 Å². The van der Waals surface area contributed by atoms with Crippen molar-refractivity contribution in [3.8, 4) is 5.75 Å². The summed E-state index contributed by atoms with van der Waals surface area (Å²) in [4.78, 5) is 25.8. The minimum absolute atomic E-state index is 0.0126. The monoisotopic (exact) mass is 528 g/mol. The molecule has 0 saturated carbocycles. The van der Waals surface area contributed by atoms with Gasteiger partial charge in [0, 0.05) is 22.5 Å². The highest BCUT2D eigenvalue weighted by Crippen LogP contribution is 2.42. The number of aromatic nitrogens is 1. The van der Waals surface area contributed by atoms with E-state index in [0.717, 1.165) is 6.07 Å². The number of hydrogen-bond acceptors (Lipinski definition) is 6. The Kier molecular flexibility index (Phi) is 6.66. The maximum absolute atomic E-state index is 14.8. The predicted molar refractivity (Wildman–Crippen MR) is 127 cm³/mol. The quantitative estimate of drug-likeness (QED) is 0.352. The van der Waals surface area contributed by atoms with Crippen LogP contribution in [0.2, 0.25) is 5.02 Å². The molecule has 2 heterocycles. The summed E-state index contributed by atoms with van der Waals surface area (Å²) in [6.07, 6.45) is -0.722. The molecular weight excluding hydrogens is 510 g/mol. The number of benzene rings is 3. The molecule has 0 unspecified atom stereocenters. The summed E-state index contributed by atoms with van der Waals surface area (Å²) in [6, 6.07) is 12.9. The van der Waals surface area contributed by atoms with Crippen LogP contribution >= 0.6 is 11.6 Å². The molecule has 0 spiro atoms.